The molecule has 1 rings (SSSR count). The fraction of sp³-hybridized carbons (Fsp3) is 0.571. The number of aromatic nitrogens is 2. The number of hydrogen-bond acceptors (Lipinski definition) is 3. The Kier molecular flexibility index (Phi) is 2.48. The molecule has 0 radical (unpaired) electrons. The van der Waals surface area contributed by atoms with Crippen molar-refractivity contribution in [3.8, 4) is 5.88 Å². The number of aryl methyl sites for hydroxylation is 1. The van der Waals surface area contributed by atoms with E-state index in [1.165, 1.54) is 0 Å². The third-order valence-corrected chi connectivity index (χ3v) is 1.45. The highest BCUT2D eigenvalue weighted by atomic mass is 16.5. The van der Waals surface area contributed by atoms with Gasteiger partial charge in [0.2, 0.25) is 5.88 Å². The van der Waals surface area contributed by atoms with E-state index in [-0.39, 0.29) is 0 Å². The summed E-state index contributed by atoms with van der Waals surface area (Å²) in [6.45, 7) is 0.775. The van der Waals surface area contributed by atoms with Crippen LogP contribution in [-0.2, 0) is 13.6 Å². The minimum absolute atomic E-state index is 0.775. The van der Waals surface area contributed by atoms with E-state index in [9.17, 15) is 0 Å². The first-order valence-corrected chi connectivity index (χ1v) is 3.49. The number of ether oxygens (including phenoxy) is 1. The Labute approximate surface area is 66.2 Å². The zero-order chi connectivity index (χ0) is 8.27. The Balaban J connectivity index is 2.77. The molecular weight excluding hydrogens is 142 g/mol. The third kappa shape index (κ3) is 1.71. The molecule has 0 atom stereocenters. The van der Waals surface area contributed by atoms with Crippen molar-refractivity contribution in [1.29, 1.82) is 0 Å². The molecule has 0 aliphatic carbocycles. The molecule has 0 unspecified atom stereocenters. The maximum absolute atomic E-state index is 5.04. The molecule has 4 heteroatoms. The lowest BCUT2D eigenvalue weighted by Gasteiger charge is -1.95. The maximum atomic E-state index is 5.04. The van der Waals surface area contributed by atoms with Gasteiger partial charge in [-0.05, 0) is 7.05 Å². The van der Waals surface area contributed by atoms with E-state index in [2.05, 4.69) is 10.4 Å². The molecule has 1 aromatic rings. The molecule has 0 aromatic carbocycles. The molecule has 0 bridgehead atoms. The van der Waals surface area contributed by atoms with E-state index >= 15 is 0 Å². The van der Waals surface area contributed by atoms with Gasteiger partial charge in [0, 0.05) is 19.7 Å². The van der Waals surface area contributed by atoms with Gasteiger partial charge in [-0.25, -0.2) is 4.68 Å². The average molecular weight is 155 g/mol. The lowest BCUT2D eigenvalue weighted by atomic mass is 10.4. The predicted octanol–water partition coefficient (Wildman–Crippen LogP) is 0.148. The lowest BCUT2D eigenvalue weighted by molar-refractivity contribution is 0.373. The van der Waals surface area contributed by atoms with E-state index in [0.29, 0.717) is 0 Å². The SMILES string of the molecule is CNCc1cc(OC)n(C)n1. The summed E-state index contributed by atoms with van der Waals surface area (Å²) in [5.41, 5.74) is 0.992. The molecule has 1 aromatic heterocycles. The van der Waals surface area contributed by atoms with Gasteiger partial charge in [0.15, 0.2) is 0 Å². The van der Waals surface area contributed by atoms with Gasteiger partial charge in [-0.1, -0.05) is 0 Å². The number of methoxy groups -OCH3 is 1. The van der Waals surface area contributed by atoms with Crippen molar-refractivity contribution in [3.63, 3.8) is 0 Å². The summed E-state index contributed by atoms with van der Waals surface area (Å²) in [5.74, 6) is 0.787. The van der Waals surface area contributed by atoms with Crippen molar-refractivity contribution >= 4 is 0 Å². The number of hydrogen-bond donors (Lipinski definition) is 1. The third-order valence-electron chi connectivity index (χ3n) is 1.45. The quantitative estimate of drug-likeness (QED) is 0.675. The van der Waals surface area contributed by atoms with Crippen LogP contribution in [0.15, 0.2) is 6.07 Å². The highest BCUT2D eigenvalue weighted by Crippen LogP contribution is 2.09. The lowest BCUT2D eigenvalue weighted by Crippen LogP contribution is -2.05. The average Bonchev–Trinajstić information content (AvgIpc) is 2.32. The Bertz CT molecular complexity index is 232. The minimum Gasteiger partial charge on any atom is -0.481 e. The summed E-state index contributed by atoms with van der Waals surface area (Å²) in [5, 5.41) is 7.22. The van der Waals surface area contributed by atoms with Crippen LogP contribution in [0.25, 0.3) is 0 Å². The van der Waals surface area contributed by atoms with E-state index in [1.54, 1.807) is 11.8 Å². The van der Waals surface area contributed by atoms with Crippen LogP contribution >= 0.6 is 0 Å². The van der Waals surface area contributed by atoms with E-state index in [0.717, 1.165) is 18.1 Å². The predicted molar refractivity (Wildman–Crippen MR) is 42.5 cm³/mol. The van der Waals surface area contributed by atoms with Crippen LogP contribution in [0.3, 0.4) is 0 Å². The summed E-state index contributed by atoms with van der Waals surface area (Å²) in [7, 11) is 5.39. The van der Waals surface area contributed by atoms with Crippen molar-refractivity contribution in [2.24, 2.45) is 7.05 Å². The van der Waals surface area contributed by atoms with Crippen LogP contribution < -0.4 is 10.1 Å². The number of rotatable bonds is 3. The van der Waals surface area contributed by atoms with Gasteiger partial charge in [-0.3, -0.25) is 0 Å². The molecule has 0 aliphatic rings. The molecule has 0 amide bonds. The second kappa shape index (κ2) is 3.39. The largest absolute Gasteiger partial charge is 0.481 e. The van der Waals surface area contributed by atoms with Gasteiger partial charge in [-0.2, -0.15) is 5.10 Å². The van der Waals surface area contributed by atoms with Gasteiger partial charge in [0.25, 0.3) is 0 Å². The van der Waals surface area contributed by atoms with Crippen molar-refractivity contribution < 1.29 is 4.74 Å². The van der Waals surface area contributed by atoms with Crippen molar-refractivity contribution in [2.75, 3.05) is 14.2 Å². The zero-order valence-corrected chi connectivity index (χ0v) is 7.09. The molecule has 1 N–H and O–H groups in total. The van der Waals surface area contributed by atoms with Crippen molar-refractivity contribution in [2.45, 2.75) is 6.54 Å². The molecule has 4 nitrogen and oxygen atoms in total. The maximum Gasteiger partial charge on any atom is 0.211 e. The fourth-order valence-electron chi connectivity index (χ4n) is 0.965. The summed E-state index contributed by atoms with van der Waals surface area (Å²) in [4.78, 5) is 0. The van der Waals surface area contributed by atoms with E-state index in [4.69, 9.17) is 4.74 Å². The van der Waals surface area contributed by atoms with Crippen molar-refractivity contribution in [3.05, 3.63) is 11.8 Å². The van der Waals surface area contributed by atoms with Crippen LogP contribution in [0.1, 0.15) is 5.69 Å². The first kappa shape index (κ1) is 8.07. The minimum atomic E-state index is 0.775. The van der Waals surface area contributed by atoms with E-state index < -0.39 is 0 Å². The molecule has 0 saturated carbocycles. The smallest absolute Gasteiger partial charge is 0.211 e. The van der Waals surface area contributed by atoms with Gasteiger partial charge < -0.3 is 10.1 Å². The topological polar surface area (TPSA) is 39.1 Å². The van der Waals surface area contributed by atoms with E-state index in [1.807, 2.05) is 20.2 Å². The number of nitrogens with one attached hydrogen (secondary N) is 1. The van der Waals surface area contributed by atoms with Crippen LogP contribution in [0.2, 0.25) is 0 Å². The van der Waals surface area contributed by atoms with Gasteiger partial charge in [-0.15, -0.1) is 0 Å². The van der Waals surface area contributed by atoms with Crippen LogP contribution in [0, 0.1) is 0 Å². The molecule has 0 aliphatic heterocycles. The number of nitrogens with zero attached hydrogens (tertiary/aromatic N) is 2. The molecule has 1 heterocycles. The highest BCUT2D eigenvalue weighted by molar-refractivity contribution is 5.15. The Morgan fingerprint density at radius 3 is 2.91 bits per heavy atom. The van der Waals surface area contributed by atoms with Crippen LogP contribution in [0.5, 0.6) is 5.88 Å². The summed E-state index contributed by atoms with van der Waals surface area (Å²) < 4.78 is 6.76. The Morgan fingerprint density at radius 1 is 1.73 bits per heavy atom. The molecular formula is C7H13N3O. The molecule has 0 spiro atoms. The molecule has 0 fully saturated rings. The Morgan fingerprint density at radius 2 is 2.45 bits per heavy atom. The van der Waals surface area contributed by atoms with Gasteiger partial charge in [0.05, 0.1) is 12.8 Å². The highest BCUT2D eigenvalue weighted by Gasteiger charge is 2.02. The first-order chi connectivity index (χ1) is 5.27. The van der Waals surface area contributed by atoms with Crippen LogP contribution in [-0.4, -0.2) is 23.9 Å². The first-order valence-electron chi connectivity index (χ1n) is 3.49. The second-order valence-electron chi connectivity index (χ2n) is 2.33. The van der Waals surface area contributed by atoms with Crippen LogP contribution in [0.4, 0.5) is 0 Å². The molecule has 62 valence electrons. The fourth-order valence-corrected chi connectivity index (χ4v) is 0.965. The van der Waals surface area contributed by atoms with Crippen molar-refractivity contribution in [1.82, 2.24) is 15.1 Å². The van der Waals surface area contributed by atoms with Gasteiger partial charge >= 0.3 is 0 Å². The normalized spacial score (nSPS) is 10.1. The van der Waals surface area contributed by atoms with Gasteiger partial charge in [0.1, 0.15) is 0 Å². The molecule has 0 saturated heterocycles. The summed E-state index contributed by atoms with van der Waals surface area (Å²) in [6, 6.07) is 1.91. The molecule has 11 heavy (non-hydrogen) atoms. The Hall–Kier alpha value is -1.03. The summed E-state index contributed by atoms with van der Waals surface area (Å²) >= 11 is 0. The second-order valence-corrected chi connectivity index (χ2v) is 2.33. The zero-order valence-electron chi connectivity index (χ0n) is 7.09. The monoisotopic (exact) mass is 155 g/mol. The summed E-state index contributed by atoms with van der Waals surface area (Å²) in [6.07, 6.45) is 0. The standard InChI is InChI=1S/C7H13N3O/c1-8-5-6-4-7(11-3)10(2)9-6/h4,8H,5H2,1-3H3.